The molecular formula is C24H41ClN4O4S. The Morgan fingerprint density at radius 2 is 1.71 bits per heavy atom. The van der Waals surface area contributed by atoms with Crippen molar-refractivity contribution in [3.05, 3.63) is 29.8 Å². The van der Waals surface area contributed by atoms with Gasteiger partial charge in [0.25, 0.3) is 0 Å². The Hall–Kier alpha value is -1.55. The summed E-state index contributed by atoms with van der Waals surface area (Å²) in [5, 5.41) is 0. The highest BCUT2D eigenvalue weighted by molar-refractivity contribution is 7.92. The van der Waals surface area contributed by atoms with Gasteiger partial charge in [0.1, 0.15) is 0 Å². The van der Waals surface area contributed by atoms with Gasteiger partial charge in [0, 0.05) is 44.5 Å². The van der Waals surface area contributed by atoms with Gasteiger partial charge in [0.2, 0.25) is 10.0 Å². The van der Waals surface area contributed by atoms with Crippen molar-refractivity contribution < 1.29 is 17.9 Å². The average Bonchev–Trinajstić information content (AvgIpc) is 2.80. The highest BCUT2D eigenvalue weighted by atomic mass is 35.5. The Bertz CT molecular complexity index is 854. The minimum absolute atomic E-state index is 0. The number of amides is 2. The van der Waals surface area contributed by atoms with E-state index in [0.29, 0.717) is 44.0 Å². The van der Waals surface area contributed by atoms with E-state index < -0.39 is 10.0 Å². The third-order valence-corrected chi connectivity index (χ3v) is 7.19. The van der Waals surface area contributed by atoms with Gasteiger partial charge in [-0.3, -0.25) is 4.72 Å². The second-order valence-electron chi connectivity index (χ2n) is 9.43. The SMILES string of the molecule is CCCN(CC1CCN(C(=O)N2CCOCC2)CC1)C(C)Cc1ccc(NS(C)(=O)=O)cc1.Cl. The van der Waals surface area contributed by atoms with E-state index in [1.807, 2.05) is 34.1 Å². The van der Waals surface area contributed by atoms with Crippen molar-refractivity contribution in [2.75, 3.05) is 63.5 Å². The quantitative estimate of drug-likeness (QED) is 0.544. The van der Waals surface area contributed by atoms with Gasteiger partial charge < -0.3 is 19.4 Å². The minimum Gasteiger partial charge on any atom is -0.378 e. The van der Waals surface area contributed by atoms with Crippen LogP contribution in [-0.4, -0.2) is 93.9 Å². The van der Waals surface area contributed by atoms with Crippen LogP contribution < -0.4 is 4.72 Å². The number of halogens is 1. The summed E-state index contributed by atoms with van der Waals surface area (Å²) >= 11 is 0. The maximum atomic E-state index is 12.7. The van der Waals surface area contributed by atoms with Gasteiger partial charge >= 0.3 is 6.03 Å². The lowest BCUT2D eigenvalue weighted by Gasteiger charge is -2.39. The molecule has 1 atom stereocenters. The Balaban J connectivity index is 0.00000408. The van der Waals surface area contributed by atoms with Crippen molar-refractivity contribution in [1.29, 1.82) is 0 Å². The van der Waals surface area contributed by atoms with Gasteiger partial charge in [-0.15, -0.1) is 12.4 Å². The molecule has 10 heteroatoms. The van der Waals surface area contributed by atoms with Crippen molar-refractivity contribution in [3.8, 4) is 0 Å². The molecule has 2 fully saturated rings. The van der Waals surface area contributed by atoms with Crippen molar-refractivity contribution in [1.82, 2.24) is 14.7 Å². The smallest absolute Gasteiger partial charge is 0.320 e. The summed E-state index contributed by atoms with van der Waals surface area (Å²) in [6.45, 7) is 11.0. The van der Waals surface area contributed by atoms with Gasteiger partial charge in [-0.25, -0.2) is 13.2 Å². The van der Waals surface area contributed by atoms with Gasteiger partial charge in [0.15, 0.2) is 0 Å². The molecular weight excluding hydrogens is 476 g/mol. The molecule has 2 heterocycles. The number of sulfonamides is 1. The molecule has 0 bridgehead atoms. The zero-order valence-electron chi connectivity index (χ0n) is 20.7. The fourth-order valence-electron chi connectivity index (χ4n) is 4.77. The third-order valence-electron chi connectivity index (χ3n) is 6.58. The topological polar surface area (TPSA) is 82.2 Å². The first-order valence-electron chi connectivity index (χ1n) is 12.2. The highest BCUT2D eigenvalue weighted by Crippen LogP contribution is 2.22. The normalized spacial score (nSPS) is 18.5. The Kier molecular flexibility index (Phi) is 11.4. The maximum absolute atomic E-state index is 12.7. The number of nitrogens with one attached hydrogen (secondary N) is 1. The standard InChI is InChI=1S/C24H40N4O4S.ClH/c1-4-11-28(20(2)18-21-5-7-23(8-6-21)25-33(3,30)31)19-22-9-12-26(13-10-22)24(29)27-14-16-32-17-15-27;/h5-8,20,22,25H,4,9-19H2,1-3H3;1H. The molecule has 2 amide bonds. The molecule has 0 aromatic heterocycles. The number of likely N-dealkylation sites (tertiary alicyclic amines) is 1. The number of anilines is 1. The molecule has 0 aliphatic carbocycles. The second kappa shape index (κ2) is 13.5. The Morgan fingerprint density at radius 3 is 2.26 bits per heavy atom. The lowest BCUT2D eigenvalue weighted by atomic mass is 9.95. The van der Waals surface area contributed by atoms with Crippen LogP contribution in [0.2, 0.25) is 0 Å². The predicted octanol–water partition coefficient (Wildman–Crippen LogP) is 3.29. The molecule has 0 spiro atoms. The van der Waals surface area contributed by atoms with Crippen LogP contribution in [0, 0.1) is 5.92 Å². The number of nitrogens with zero attached hydrogens (tertiary/aromatic N) is 3. The highest BCUT2D eigenvalue weighted by Gasteiger charge is 2.28. The number of morpholine rings is 1. The first-order valence-corrected chi connectivity index (χ1v) is 14.1. The van der Waals surface area contributed by atoms with Crippen LogP contribution in [0.15, 0.2) is 24.3 Å². The van der Waals surface area contributed by atoms with Crippen LogP contribution >= 0.6 is 12.4 Å². The summed E-state index contributed by atoms with van der Waals surface area (Å²) < 4.78 is 30.7. The lowest BCUT2D eigenvalue weighted by Crippen LogP contribution is -2.51. The first kappa shape index (κ1) is 28.7. The number of rotatable bonds is 9. The number of hydrogen-bond acceptors (Lipinski definition) is 5. The van der Waals surface area contributed by atoms with Gasteiger partial charge in [-0.1, -0.05) is 19.1 Å². The van der Waals surface area contributed by atoms with Gasteiger partial charge in [-0.2, -0.15) is 0 Å². The molecule has 2 aliphatic heterocycles. The molecule has 194 valence electrons. The number of ether oxygens (including phenoxy) is 1. The summed E-state index contributed by atoms with van der Waals surface area (Å²) in [4.78, 5) is 19.3. The molecule has 0 saturated carbocycles. The van der Waals surface area contributed by atoms with Crippen LogP contribution in [0.25, 0.3) is 0 Å². The van der Waals surface area contributed by atoms with Crippen molar-refractivity contribution in [3.63, 3.8) is 0 Å². The molecule has 1 unspecified atom stereocenters. The van der Waals surface area contributed by atoms with Crippen LogP contribution in [-0.2, 0) is 21.2 Å². The first-order chi connectivity index (χ1) is 15.7. The molecule has 8 nitrogen and oxygen atoms in total. The Morgan fingerprint density at radius 1 is 1.12 bits per heavy atom. The summed E-state index contributed by atoms with van der Waals surface area (Å²) in [6.07, 6.45) is 5.29. The molecule has 0 radical (unpaired) electrons. The zero-order valence-corrected chi connectivity index (χ0v) is 22.4. The molecule has 34 heavy (non-hydrogen) atoms. The third kappa shape index (κ3) is 8.91. The molecule has 2 saturated heterocycles. The molecule has 3 rings (SSSR count). The largest absolute Gasteiger partial charge is 0.378 e. The molecule has 1 aromatic rings. The van der Waals surface area contributed by atoms with Crippen LogP contribution in [0.5, 0.6) is 0 Å². The number of carbonyl (C=O) groups is 1. The Labute approximate surface area is 211 Å². The maximum Gasteiger partial charge on any atom is 0.320 e. The zero-order chi connectivity index (χ0) is 23.8. The van der Waals surface area contributed by atoms with E-state index in [-0.39, 0.29) is 18.4 Å². The van der Waals surface area contributed by atoms with Crippen LogP contribution in [0.4, 0.5) is 10.5 Å². The summed E-state index contributed by atoms with van der Waals surface area (Å²) in [5.41, 5.74) is 1.80. The van der Waals surface area contributed by atoms with E-state index in [4.69, 9.17) is 4.74 Å². The minimum atomic E-state index is -3.26. The van der Waals surface area contributed by atoms with Crippen molar-refractivity contribution >= 4 is 34.1 Å². The monoisotopic (exact) mass is 516 g/mol. The van der Waals surface area contributed by atoms with Crippen molar-refractivity contribution in [2.24, 2.45) is 5.92 Å². The fourth-order valence-corrected chi connectivity index (χ4v) is 5.33. The molecule has 1 aromatic carbocycles. The number of hydrogen-bond donors (Lipinski definition) is 1. The summed E-state index contributed by atoms with van der Waals surface area (Å²) in [7, 11) is -3.26. The van der Waals surface area contributed by atoms with Gasteiger partial charge in [0.05, 0.1) is 19.5 Å². The van der Waals surface area contributed by atoms with Crippen LogP contribution in [0.3, 0.4) is 0 Å². The predicted molar refractivity (Wildman–Crippen MR) is 139 cm³/mol. The molecule has 1 N–H and O–H groups in total. The fraction of sp³-hybridized carbons (Fsp3) is 0.708. The van der Waals surface area contributed by atoms with E-state index in [9.17, 15) is 13.2 Å². The number of carbonyl (C=O) groups excluding carboxylic acids is 1. The number of piperidine rings is 1. The van der Waals surface area contributed by atoms with Crippen LogP contribution in [0.1, 0.15) is 38.7 Å². The van der Waals surface area contributed by atoms with Gasteiger partial charge in [-0.05, 0) is 62.8 Å². The summed E-state index contributed by atoms with van der Waals surface area (Å²) in [5.74, 6) is 0.606. The van der Waals surface area contributed by atoms with E-state index in [1.165, 1.54) is 5.56 Å². The number of urea groups is 1. The second-order valence-corrected chi connectivity index (χ2v) is 11.2. The summed E-state index contributed by atoms with van der Waals surface area (Å²) in [6, 6.07) is 8.23. The van der Waals surface area contributed by atoms with E-state index >= 15 is 0 Å². The van der Waals surface area contributed by atoms with E-state index in [1.54, 1.807) is 0 Å². The van der Waals surface area contributed by atoms with E-state index in [2.05, 4.69) is 23.5 Å². The lowest BCUT2D eigenvalue weighted by molar-refractivity contribution is 0.0386. The number of benzene rings is 1. The van der Waals surface area contributed by atoms with Crippen molar-refractivity contribution in [2.45, 2.75) is 45.6 Å². The average molecular weight is 517 g/mol. The van der Waals surface area contributed by atoms with E-state index in [0.717, 1.165) is 58.1 Å². The molecule has 2 aliphatic rings.